The Morgan fingerprint density at radius 2 is 2.00 bits per heavy atom. The van der Waals surface area contributed by atoms with Crippen LogP contribution < -0.4 is 10.2 Å². The maximum atomic E-state index is 13.6. The van der Waals surface area contributed by atoms with Crippen LogP contribution in [0.5, 0.6) is 0 Å². The van der Waals surface area contributed by atoms with Crippen molar-refractivity contribution in [3.8, 4) is 0 Å². The number of amides is 1. The number of anilines is 2. The number of hydrogen-bond acceptors (Lipinski definition) is 6. The quantitative estimate of drug-likeness (QED) is 0.449. The average Bonchev–Trinajstić information content (AvgIpc) is 2.68. The second-order valence-corrected chi connectivity index (χ2v) is 7.40. The molecule has 1 N–H and O–H groups in total. The van der Waals surface area contributed by atoms with E-state index in [1.807, 2.05) is 0 Å². The van der Waals surface area contributed by atoms with E-state index in [-0.39, 0.29) is 17.3 Å². The smallest absolute Gasteiger partial charge is 0.234 e. The van der Waals surface area contributed by atoms with E-state index in [9.17, 15) is 9.18 Å². The van der Waals surface area contributed by atoms with Gasteiger partial charge in [0, 0.05) is 32.2 Å². The monoisotopic (exact) mass is 409 g/mol. The summed E-state index contributed by atoms with van der Waals surface area (Å²) < 4.78 is 13.6. The number of carbonyl (C=O) groups is 1. The van der Waals surface area contributed by atoms with E-state index < -0.39 is 5.82 Å². The van der Waals surface area contributed by atoms with Crippen LogP contribution in [0.2, 0.25) is 5.15 Å². The number of thioether (sulfide) groups is 1. The maximum absolute atomic E-state index is 13.6. The summed E-state index contributed by atoms with van der Waals surface area (Å²) in [6.07, 6.45) is 0. The fourth-order valence-electron chi connectivity index (χ4n) is 2.78. The molecule has 1 amide bonds. The van der Waals surface area contributed by atoms with Gasteiger partial charge in [0.15, 0.2) is 5.16 Å². The zero-order chi connectivity index (χ0) is 19.2. The Kier molecular flexibility index (Phi) is 6.87. The van der Waals surface area contributed by atoms with Crippen LogP contribution in [0.4, 0.5) is 15.9 Å². The van der Waals surface area contributed by atoms with Gasteiger partial charge < -0.3 is 15.1 Å². The normalized spacial score (nSPS) is 15.0. The van der Waals surface area contributed by atoms with Crippen LogP contribution in [-0.4, -0.2) is 59.3 Å². The van der Waals surface area contributed by atoms with E-state index in [0.29, 0.717) is 10.3 Å². The van der Waals surface area contributed by atoms with Gasteiger partial charge in [0.1, 0.15) is 16.8 Å². The van der Waals surface area contributed by atoms with E-state index in [4.69, 9.17) is 11.6 Å². The minimum atomic E-state index is -0.469. The van der Waals surface area contributed by atoms with Crippen LogP contribution in [-0.2, 0) is 4.79 Å². The van der Waals surface area contributed by atoms with Crippen LogP contribution >= 0.6 is 23.4 Å². The molecule has 2 aromatic rings. The third-order valence-electron chi connectivity index (χ3n) is 4.28. The molecule has 1 aliphatic heterocycles. The summed E-state index contributed by atoms with van der Waals surface area (Å²) in [5, 5.41) is 3.32. The number of nitrogens with zero attached hydrogens (tertiary/aromatic N) is 4. The first-order chi connectivity index (χ1) is 13.0. The first kappa shape index (κ1) is 19.9. The Morgan fingerprint density at radius 1 is 1.26 bits per heavy atom. The number of benzene rings is 1. The second kappa shape index (κ2) is 9.34. The summed E-state index contributed by atoms with van der Waals surface area (Å²) >= 11 is 7.31. The zero-order valence-corrected chi connectivity index (χ0v) is 16.6. The van der Waals surface area contributed by atoms with Crippen molar-refractivity contribution < 1.29 is 9.18 Å². The van der Waals surface area contributed by atoms with E-state index in [1.54, 1.807) is 18.2 Å². The Hall–Kier alpha value is -1.90. The highest BCUT2D eigenvalue weighted by molar-refractivity contribution is 7.99. The van der Waals surface area contributed by atoms with Gasteiger partial charge in [-0.05, 0) is 18.7 Å². The van der Waals surface area contributed by atoms with Gasteiger partial charge in [-0.1, -0.05) is 42.4 Å². The maximum Gasteiger partial charge on any atom is 0.234 e. The van der Waals surface area contributed by atoms with Crippen LogP contribution in [0.25, 0.3) is 0 Å². The third-order valence-corrected chi connectivity index (χ3v) is 5.33. The van der Waals surface area contributed by atoms with Gasteiger partial charge >= 0.3 is 0 Å². The number of aromatic nitrogens is 2. The lowest BCUT2D eigenvalue weighted by atomic mass is 10.3. The molecule has 0 unspecified atom stereocenters. The van der Waals surface area contributed by atoms with Gasteiger partial charge in [-0.3, -0.25) is 4.79 Å². The molecule has 1 aliphatic rings. The van der Waals surface area contributed by atoms with Crippen molar-refractivity contribution >= 4 is 40.8 Å². The molecule has 0 radical (unpaired) electrons. The lowest BCUT2D eigenvalue weighted by Crippen LogP contribution is -2.46. The summed E-state index contributed by atoms with van der Waals surface area (Å²) in [6.45, 7) is 6.89. The van der Waals surface area contributed by atoms with Gasteiger partial charge in [-0.2, -0.15) is 0 Å². The number of hydrogen-bond donors (Lipinski definition) is 1. The molecule has 0 saturated carbocycles. The van der Waals surface area contributed by atoms with E-state index in [0.717, 1.165) is 38.5 Å². The highest BCUT2D eigenvalue weighted by Gasteiger charge is 2.18. The molecular weight excluding hydrogens is 389 g/mol. The van der Waals surface area contributed by atoms with Crippen molar-refractivity contribution in [2.45, 2.75) is 12.1 Å². The molecule has 1 saturated heterocycles. The predicted octanol–water partition coefficient (Wildman–Crippen LogP) is 3.14. The Balaban J connectivity index is 1.59. The van der Waals surface area contributed by atoms with E-state index in [2.05, 4.69) is 32.0 Å². The topological polar surface area (TPSA) is 61.4 Å². The molecule has 27 heavy (non-hydrogen) atoms. The van der Waals surface area contributed by atoms with Crippen LogP contribution in [0.3, 0.4) is 0 Å². The predicted molar refractivity (Wildman–Crippen MR) is 107 cm³/mol. The first-order valence-corrected chi connectivity index (χ1v) is 10.1. The lowest BCUT2D eigenvalue weighted by molar-refractivity contribution is -0.113. The standard InChI is InChI=1S/C18H21ClFN5OS/c1-2-24-7-9-25(10-8-24)16-11-15(19)22-18(23-16)27-12-17(26)21-14-6-4-3-5-13(14)20/h3-6,11H,2,7-10,12H2,1H3,(H,21,26). The second-order valence-electron chi connectivity index (χ2n) is 6.07. The van der Waals surface area contributed by atoms with Crippen molar-refractivity contribution in [3.05, 3.63) is 41.3 Å². The molecule has 0 aliphatic carbocycles. The molecule has 1 fully saturated rings. The number of para-hydroxylation sites is 1. The minimum absolute atomic E-state index is 0.0672. The number of rotatable bonds is 6. The lowest BCUT2D eigenvalue weighted by Gasteiger charge is -2.34. The molecule has 1 aromatic heterocycles. The highest BCUT2D eigenvalue weighted by Crippen LogP contribution is 2.23. The van der Waals surface area contributed by atoms with E-state index >= 15 is 0 Å². The molecule has 0 atom stereocenters. The average molecular weight is 410 g/mol. The fraction of sp³-hybridized carbons (Fsp3) is 0.389. The van der Waals surface area contributed by atoms with Gasteiger partial charge in [-0.15, -0.1) is 0 Å². The molecule has 6 nitrogen and oxygen atoms in total. The van der Waals surface area contributed by atoms with Crippen molar-refractivity contribution in [1.82, 2.24) is 14.9 Å². The number of piperazine rings is 1. The number of likely N-dealkylation sites (N-methyl/N-ethyl adjacent to an activating group) is 1. The van der Waals surface area contributed by atoms with Gasteiger partial charge in [-0.25, -0.2) is 14.4 Å². The van der Waals surface area contributed by atoms with Crippen LogP contribution in [0, 0.1) is 5.82 Å². The first-order valence-electron chi connectivity index (χ1n) is 8.74. The van der Waals surface area contributed by atoms with Crippen molar-refractivity contribution in [2.75, 3.05) is 48.7 Å². The summed E-state index contributed by atoms with van der Waals surface area (Å²) in [7, 11) is 0. The molecule has 9 heteroatoms. The Bertz CT molecular complexity index is 801. The van der Waals surface area contributed by atoms with Crippen molar-refractivity contribution in [3.63, 3.8) is 0 Å². The Morgan fingerprint density at radius 3 is 2.70 bits per heavy atom. The molecule has 1 aromatic carbocycles. The molecular formula is C18H21ClFN5OS. The Labute approximate surface area is 167 Å². The summed E-state index contributed by atoms with van der Waals surface area (Å²) in [6, 6.07) is 7.79. The van der Waals surface area contributed by atoms with Crippen molar-refractivity contribution in [2.24, 2.45) is 0 Å². The molecule has 144 valence electrons. The third kappa shape index (κ3) is 5.54. The summed E-state index contributed by atoms with van der Waals surface area (Å²) in [5.41, 5.74) is 0.157. The van der Waals surface area contributed by atoms with Crippen LogP contribution in [0.1, 0.15) is 6.92 Å². The fourth-order valence-corrected chi connectivity index (χ4v) is 3.67. The largest absolute Gasteiger partial charge is 0.354 e. The molecule has 0 bridgehead atoms. The van der Waals surface area contributed by atoms with Gasteiger partial charge in [0.25, 0.3) is 0 Å². The number of halogens is 2. The zero-order valence-electron chi connectivity index (χ0n) is 15.0. The summed E-state index contributed by atoms with van der Waals surface area (Å²) in [5.74, 6) is 0.0375. The number of nitrogens with one attached hydrogen (secondary N) is 1. The van der Waals surface area contributed by atoms with E-state index in [1.165, 1.54) is 23.9 Å². The minimum Gasteiger partial charge on any atom is -0.354 e. The van der Waals surface area contributed by atoms with Gasteiger partial charge in [0.05, 0.1) is 11.4 Å². The molecule has 0 spiro atoms. The molecule has 2 heterocycles. The SMILES string of the molecule is CCN1CCN(c2cc(Cl)nc(SCC(=O)Nc3ccccc3F)n2)CC1. The van der Waals surface area contributed by atoms with Crippen molar-refractivity contribution in [1.29, 1.82) is 0 Å². The summed E-state index contributed by atoms with van der Waals surface area (Å²) in [4.78, 5) is 25.3. The number of carbonyl (C=O) groups excluding carboxylic acids is 1. The highest BCUT2D eigenvalue weighted by atomic mass is 35.5. The molecule has 3 rings (SSSR count). The van der Waals surface area contributed by atoms with Crippen LogP contribution in [0.15, 0.2) is 35.5 Å². The van der Waals surface area contributed by atoms with Gasteiger partial charge in [0.2, 0.25) is 5.91 Å².